The van der Waals surface area contributed by atoms with Gasteiger partial charge in [0.15, 0.2) is 0 Å². The molecule has 0 spiro atoms. The Morgan fingerprint density at radius 3 is 2.66 bits per heavy atom. The number of carboxylic acid groups (broad SMARTS) is 1. The van der Waals surface area contributed by atoms with Crippen molar-refractivity contribution < 1.29 is 15.0 Å². The van der Waals surface area contributed by atoms with Crippen molar-refractivity contribution in [3.05, 3.63) is 58.6 Å². The van der Waals surface area contributed by atoms with Crippen LogP contribution in [0.4, 0.5) is 5.69 Å². The van der Waals surface area contributed by atoms with Gasteiger partial charge in [-0.05, 0) is 67.3 Å². The number of benzene rings is 2. The quantitative estimate of drug-likeness (QED) is 0.529. The maximum Gasteiger partial charge on any atom is 0.303 e. The van der Waals surface area contributed by atoms with Crippen LogP contribution in [0.2, 0.25) is 0 Å². The number of aliphatic carboxylic acids is 1. The fourth-order valence-corrected chi connectivity index (χ4v) is 4.30. The molecule has 0 aliphatic heterocycles. The summed E-state index contributed by atoms with van der Waals surface area (Å²) in [5, 5.41) is 19.3. The van der Waals surface area contributed by atoms with Crippen LogP contribution in [0.3, 0.4) is 0 Å². The van der Waals surface area contributed by atoms with Crippen LogP contribution < -0.4 is 4.90 Å². The van der Waals surface area contributed by atoms with E-state index in [9.17, 15) is 15.0 Å². The van der Waals surface area contributed by atoms with Crippen molar-refractivity contribution in [2.75, 3.05) is 24.6 Å². The highest BCUT2D eigenvalue weighted by atomic mass is 32.1. The number of allylic oxidation sites excluding steroid dienone is 1. The third-order valence-corrected chi connectivity index (χ3v) is 5.99. The third-order valence-electron chi connectivity index (χ3n) is 4.88. The van der Waals surface area contributed by atoms with Crippen LogP contribution in [0, 0.1) is 6.92 Å². The standard InChI is InChI=1S/C23H26N2O3S/c1-3-25(12-13-26)19-10-8-17(16(2)14-19)15-18(9-11-22(27)28)23-24-20-6-4-5-7-21(20)29-23/h4-8,10,14-15,26H,3,9,11-13H2,1-2H3,(H,27,28)/b18-15+. The number of rotatable bonds is 9. The van der Waals surface area contributed by atoms with E-state index in [1.54, 1.807) is 11.3 Å². The average Bonchev–Trinajstić information content (AvgIpc) is 3.14. The van der Waals surface area contributed by atoms with Crippen LogP contribution in [0.25, 0.3) is 21.9 Å². The van der Waals surface area contributed by atoms with Gasteiger partial charge in [0.1, 0.15) is 5.01 Å². The normalized spacial score (nSPS) is 11.8. The fourth-order valence-electron chi connectivity index (χ4n) is 3.29. The SMILES string of the molecule is CCN(CCO)c1ccc(/C=C(\CCC(=O)O)c2nc3ccccc3s2)c(C)c1. The number of hydrogen-bond acceptors (Lipinski definition) is 5. The van der Waals surface area contributed by atoms with E-state index in [0.717, 1.165) is 44.2 Å². The number of hydrogen-bond donors (Lipinski definition) is 2. The molecule has 1 aromatic heterocycles. The molecule has 152 valence electrons. The first-order valence-corrected chi connectivity index (χ1v) is 10.6. The average molecular weight is 411 g/mol. The maximum absolute atomic E-state index is 11.2. The van der Waals surface area contributed by atoms with Crippen LogP contribution in [0.15, 0.2) is 42.5 Å². The van der Waals surface area contributed by atoms with Gasteiger partial charge in [-0.15, -0.1) is 11.3 Å². The second-order valence-electron chi connectivity index (χ2n) is 6.89. The summed E-state index contributed by atoms with van der Waals surface area (Å²) in [4.78, 5) is 18.0. The summed E-state index contributed by atoms with van der Waals surface area (Å²) in [5.41, 5.74) is 5.10. The number of para-hydroxylation sites is 1. The predicted octanol–water partition coefficient (Wildman–Crippen LogP) is 4.83. The first kappa shape index (κ1) is 21.0. The molecule has 0 saturated carbocycles. The van der Waals surface area contributed by atoms with Crippen LogP contribution >= 0.6 is 11.3 Å². The summed E-state index contributed by atoms with van der Waals surface area (Å²) < 4.78 is 1.10. The summed E-state index contributed by atoms with van der Waals surface area (Å²) in [6.07, 6.45) is 2.56. The molecule has 0 amide bonds. The molecular weight excluding hydrogens is 384 g/mol. The minimum absolute atomic E-state index is 0.0685. The monoisotopic (exact) mass is 410 g/mol. The number of nitrogens with zero attached hydrogens (tertiary/aromatic N) is 2. The van der Waals surface area contributed by atoms with E-state index in [2.05, 4.69) is 37.0 Å². The number of aryl methyl sites for hydroxylation is 1. The van der Waals surface area contributed by atoms with Crippen LogP contribution in [-0.2, 0) is 4.79 Å². The van der Waals surface area contributed by atoms with Crippen molar-refractivity contribution in [1.82, 2.24) is 4.98 Å². The summed E-state index contributed by atoms with van der Waals surface area (Å²) >= 11 is 1.59. The largest absolute Gasteiger partial charge is 0.481 e. The van der Waals surface area contributed by atoms with Gasteiger partial charge in [0.2, 0.25) is 0 Å². The molecule has 0 fully saturated rings. The number of aliphatic hydroxyl groups is 1. The molecule has 6 heteroatoms. The van der Waals surface area contributed by atoms with Gasteiger partial charge in [-0.1, -0.05) is 18.2 Å². The minimum atomic E-state index is -0.813. The number of carbonyl (C=O) groups is 1. The Kier molecular flexibility index (Phi) is 7.01. The Morgan fingerprint density at radius 2 is 2.00 bits per heavy atom. The summed E-state index contributed by atoms with van der Waals surface area (Å²) in [6.45, 7) is 5.65. The van der Waals surface area contributed by atoms with Crippen molar-refractivity contribution in [1.29, 1.82) is 0 Å². The van der Waals surface area contributed by atoms with Crippen molar-refractivity contribution in [3.63, 3.8) is 0 Å². The van der Waals surface area contributed by atoms with E-state index in [-0.39, 0.29) is 13.0 Å². The molecule has 3 rings (SSSR count). The molecule has 0 saturated heterocycles. The first-order chi connectivity index (χ1) is 14.0. The van der Waals surface area contributed by atoms with Crippen molar-refractivity contribution in [2.45, 2.75) is 26.7 Å². The molecule has 0 bridgehead atoms. The number of aromatic nitrogens is 1. The third kappa shape index (κ3) is 5.22. The highest BCUT2D eigenvalue weighted by molar-refractivity contribution is 7.19. The van der Waals surface area contributed by atoms with Gasteiger partial charge in [0.05, 0.1) is 16.8 Å². The lowest BCUT2D eigenvalue weighted by atomic mass is 10.0. The van der Waals surface area contributed by atoms with Crippen molar-refractivity contribution >= 4 is 44.9 Å². The Balaban J connectivity index is 1.97. The number of thiazole rings is 1. The number of fused-ring (bicyclic) bond motifs is 1. The highest BCUT2D eigenvalue weighted by Crippen LogP contribution is 2.32. The second kappa shape index (κ2) is 9.67. The lowest BCUT2D eigenvalue weighted by Gasteiger charge is -2.23. The van der Waals surface area contributed by atoms with Crippen molar-refractivity contribution in [2.24, 2.45) is 0 Å². The Bertz CT molecular complexity index is 993. The Morgan fingerprint density at radius 1 is 1.21 bits per heavy atom. The molecule has 29 heavy (non-hydrogen) atoms. The Labute approximate surface area is 174 Å². The zero-order chi connectivity index (χ0) is 20.8. The molecule has 1 heterocycles. The van der Waals surface area contributed by atoms with Gasteiger partial charge in [0.25, 0.3) is 0 Å². The first-order valence-electron chi connectivity index (χ1n) is 9.76. The smallest absolute Gasteiger partial charge is 0.303 e. The van der Waals surface area contributed by atoms with Gasteiger partial charge in [-0.2, -0.15) is 0 Å². The second-order valence-corrected chi connectivity index (χ2v) is 7.92. The fraction of sp³-hybridized carbons (Fsp3) is 0.304. The van der Waals surface area contributed by atoms with Gasteiger partial charge in [-0.3, -0.25) is 4.79 Å². The molecule has 5 nitrogen and oxygen atoms in total. The van der Waals surface area contributed by atoms with E-state index < -0.39 is 5.97 Å². The molecule has 2 N–H and O–H groups in total. The number of anilines is 1. The Hall–Kier alpha value is -2.70. The number of aliphatic hydroxyl groups excluding tert-OH is 1. The lowest BCUT2D eigenvalue weighted by molar-refractivity contribution is -0.136. The van der Waals surface area contributed by atoms with Crippen LogP contribution in [0.5, 0.6) is 0 Å². The number of likely N-dealkylation sites (N-methyl/N-ethyl adjacent to an activating group) is 1. The molecule has 0 atom stereocenters. The van der Waals surface area contributed by atoms with Gasteiger partial charge in [-0.25, -0.2) is 4.98 Å². The summed E-state index contributed by atoms with van der Waals surface area (Å²) in [5.74, 6) is -0.813. The zero-order valence-electron chi connectivity index (χ0n) is 16.8. The van der Waals surface area contributed by atoms with Crippen LogP contribution in [-0.4, -0.2) is 40.9 Å². The van der Waals surface area contributed by atoms with E-state index >= 15 is 0 Å². The topological polar surface area (TPSA) is 73.7 Å². The predicted molar refractivity (Wildman–Crippen MR) is 121 cm³/mol. The lowest BCUT2D eigenvalue weighted by Crippen LogP contribution is -2.26. The highest BCUT2D eigenvalue weighted by Gasteiger charge is 2.12. The van der Waals surface area contributed by atoms with E-state index in [4.69, 9.17) is 4.98 Å². The molecular formula is C23H26N2O3S. The zero-order valence-corrected chi connectivity index (χ0v) is 17.6. The molecule has 0 radical (unpaired) electrons. The molecule has 2 aromatic carbocycles. The maximum atomic E-state index is 11.2. The van der Waals surface area contributed by atoms with E-state index in [1.807, 2.05) is 30.3 Å². The van der Waals surface area contributed by atoms with Gasteiger partial charge < -0.3 is 15.1 Å². The van der Waals surface area contributed by atoms with Gasteiger partial charge in [0, 0.05) is 25.2 Å². The molecule has 0 aliphatic carbocycles. The van der Waals surface area contributed by atoms with Gasteiger partial charge >= 0.3 is 5.97 Å². The number of carboxylic acids is 1. The molecule has 0 unspecified atom stereocenters. The van der Waals surface area contributed by atoms with E-state index in [1.165, 1.54) is 0 Å². The van der Waals surface area contributed by atoms with Crippen LogP contribution in [0.1, 0.15) is 35.9 Å². The van der Waals surface area contributed by atoms with E-state index in [0.29, 0.717) is 13.0 Å². The summed E-state index contributed by atoms with van der Waals surface area (Å²) in [6, 6.07) is 14.2. The van der Waals surface area contributed by atoms with Crippen molar-refractivity contribution in [3.8, 4) is 0 Å². The summed E-state index contributed by atoms with van der Waals surface area (Å²) in [7, 11) is 0. The molecule has 3 aromatic rings. The minimum Gasteiger partial charge on any atom is -0.481 e. The molecule has 0 aliphatic rings.